The van der Waals surface area contributed by atoms with Crippen LogP contribution in [0.1, 0.15) is 56.6 Å². The van der Waals surface area contributed by atoms with Crippen molar-refractivity contribution < 1.29 is 0 Å². The van der Waals surface area contributed by atoms with Crippen LogP contribution >= 0.6 is 24.0 Å². The molecule has 2 saturated heterocycles. The van der Waals surface area contributed by atoms with Crippen LogP contribution in [0, 0.1) is 0 Å². The molecule has 6 heteroatoms. The highest BCUT2D eigenvalue weighted by molar-refractivity contribution is 14.0. The average Bonchev–Trinajstić information content (AvgIpc) is 3.25. The van der Waals surface area contributed by atoms with Crippen molar-refractivity contribution in [3.05, 3.63) is 35.4 Å². The third-order valence-electron chi connectivity index (χ3n) is 5.78. The minimum Gasteiger partial charge on any atom is -0.357 e. The first kappa shape index (κ1) is 24.4. The largest absolute Gasteiger partial charge is 0.357 e. The number of benzene rings is 1. The number of likely N-dealkylation sites (tertiary alicyclic amines) is 2. The Kier molecular flexibility index (Phi) is 12.0. The van der Waals surface area contributed by atoms with Gasteiger partial charge in [0.05, 0.1) is 6.54 Å². The summed E-state index contributed by atoms with van der Waals surface area (Å²) in [5.74, 6) is 0.932. The van der Waals surface area contributed by atoms with Gasteiger partial charge < -0.3 is 15.5 Å². The van der Waals surface area contributed by atoms with Gasteiger partial charge in [-0.3, -0.25) is 4.90 Å². The fraction of sp³-hybridized carbons (Fsp3) is 0.696. The average molecular weight is 514 g/mol. The van der Waals surface area contributed by atoms with Crippen molar-refractivity contribution in [3.63, 3.8) is 0 Å². The fourth-order valence-electron chi connectivity index (χ4n) is 4.15. The molecule has 0 saturated carbocycles. The molecule has 5 nitrogen and oxygen atoms in total. The highest BCUT2D eigenvalue weighted by Crippen LogP contribution is 2.14. The molecular formula is C23H40IN5. The van der Waals surface area contributed by atoms with Gasteiger partial charge in [0.1, 0.15) is 0 Å². The van der Waals surface area contributed by atoms with Crippen molar-refractivity contribution in [2.24, 2.45) is 4.99 Å². The van der Waals surface area contributed by atoms with E-state index in [-0.39, 0.29) is 24.0 Å². The zero-order valence-corrected chi connectivity index (χ0v) is 20.5. The summed E-state index contributed by atoms with van der Waals surface area (Å²) in [4.78, 5) is 9.91. The van der Waals surface area contributed by atoms with Crippen molar-refractivity contribution in [3.8, 4) is 0 Å². The Labute approximate surface area is 194 Å². The van der Waals surface area contributed by atoms with Gasteiger partial charge in [0.25, 0.3) is 0 Å². The zero-order chi connectivity index (χ0) is 19.4. The van der Waals surface area contributed by atoms with Gasteiger partial charge in [-0.25, -0.2) is 4.99 Å². The lowest BCUT2D eigenvalue weighted by atomic mass is 10.1. The third-order valence-corrected chi connectivity index (χ3v) is 5.78. The van der Waals surface area contributed by atoms with Crippen LogP contribution in [0.3, 0.4) is 0 Å². The first-order valence-corrected chi connectivity index (χ1v) is 11.4. The van der Waals surface area contributed by atoms with Crippen molar-refractivity contribution in [2.75, 3.05) is 45.8 Å². The van der Waals surface area contributed by atoms with E-state index in [2.05, 4.69) is 51.6 Å². The normalized spacial score (nSPS) is 18.4. The number of nitrogens with zero attached hydrogens (tertiary/aromatic N) is 3. The molecule has 164 valence electrons. The lowest BCUT2D eigenvalue weighted by Crippen LogP contribution is -2.38. The standard InChI is InChI=1S/C23H39N5.HI/c1-2-24-23(25-13-8-18-27-14-6-7-15-27)26-19-21-9-11-22(12-10-21)20-28-16-4-3-5-17-28;/h9-12H,2-8,13-20H2,1H3,(H2,24,25,26);1H. The van der Waals surface area contributed by atoms with Crippen molar-refractivity contribution in [1.29, 1.82) is 0 Å². The van der Waals surface area contributed by atoms with E-state index in [9.17, 15) is 0 Å². The van der Waals surface area contributed by atoms with E-state index in [1.807, 2.05) is 0 Å². The second-order valence-electron chi connectivity index (χ2n) is 8.18. The summed E-state index contributed by atoms with van der Waals surface area (Å²) >= 11 is 0. The van der Waals surface area contributed by atoms with Gasteiger partial charge >= 0.3 is 0 Å². The number of piperidine rings is 1. The summed E-state index contributed by atoms with van der Waals surface area (Å²) < 4.78 is 0. The molecule has 3 rings (SSSR count). The Morgan fingerprint density at radius 2 is 1.48 bits per heavy atom. The van der Waals surface area contributed by atoms with Crippen LogP contribution in [0.2, 0.25) is 0 Å². The van der Waals surface area contributed by atoms with Crippen molar-refractivity contribution in [1.82, 2.24) is 20.4 Å². The molecule has 0 bridgehead atoms. The Morgan fingerprint density at radius 1 is 0.862 bits per heavy atom. The minimum absolute atomic E-state index is 0. The molecule has 1 aromatic rings. The number of halogens is 1. The van der Waals surface area contributed by atoms with Gasteiger partial charge in [0, 0.05) is 19.6 Å². The topological polar surface area (TPSA) is 42.9 Å². The van der Waals surface area contributed by atoms with E-state index in [0.29, 0.717) is 0 Å². The van der Waals surface area contributed by atoms with Crippen LogP contribution in [0.15, 0.2) is 29.3 Å². The molecule has 2 heterocycles. The van der Waals surface area contributed by atoms with Crippen molar-refractivity contribution in [2.45, 2.75) is 58.5 Å². The first-order valence-electron chi connectivity index (χ1n) is 11.4. The molecule has 0 aromatic heterocycles. The number of nitrogens with one attached hydrogen (secondary N) is 2. The molecule has 0 radical (unpaired) electrons. The molecular weight excluding hydrogens is 473 g/mol. The molecule has 2 N–H and O–H groups in total. The predicted octanol–water partition coefficient (Wildman–Crippen LogP) is 3.83. The molecule has 0 atom stereocenters. The third kappa shape index (κ3) is 9.22. The van der Waals surface area contributed by atoms with Gasteiger partial charge in [-0.2, -0.15) is 0 Å². The first-order chi connectivity index (χ1) is 13.8. The zero-order valence-electron chi connectivity index (χ0n) is 18.2. The second kappa shape index (κ2) is 14.2. The minimum atomic E-state index is 0. The van der Waals surface area contributed by atoms with E-state index >= 15 is 0 Å². The van der Waals surface area contributed by atoms with E-state index in [4.69, 9.17) is 4.99 Å². The van der Waals surface area contributed by atoms with Gasteiger partial charge in [-0.1, -0.05) is 30.7 Å². The smallest absolute Gasteiger partial charge is 0.191 e. The lowest BCUT2D eigenvalue weighted by molar-refractivity contribution is 0.221. The molecule has 0 unspecified atom stereocenters. The number of rotatable bonds is 9. The monoisotopic (exact) mass is 513 g/mol. The molecule has 29 heavy (non-hydrogen) atoms. The molecule has 0 spiro atoms. The number of aliphatic imine (C=N–C) groups is 1. The SMILES string of the molecule is CCNC(=NCc1ccc(CN2CCCCC2)cc1)NCCCN1CCCC1.I. The van der Waals surface area contributed by atoms with E-state index in [0.717, 1.165) is 32.1 Å². The quantitative estimate of drug-likeness (QED) is 0.228. The van der Waals surface area contributed by atoms with Crippen LogP contribution in [-0.2, 0) is 13.1 Å². The second-order valence-corrected chi connectivity index (χ2v) is 8.18. The Hall–Kier alpha value is -0.860. The molecule has 2 fully saturated rings. The van der Waals surface area contributed by atoms with Gasteiger partial charge in [0.2, 0.25) is 0 Å². The van der Waals surface area contributed by atoms with E-state index in [1.165, 1.54) is 82.4 Å². The Morgan fingerprint density at radius 3 is 2.17 bits per heavy atom. The molecule has 2 aliphatic rings. The van der Waals surface area contributed by atoms with E-state index in [1.54, 1.807) is 0 Å². The summed E-state index contributed by atoms with van der Waals surface area (Å²) in [5, 5.41) is 6.85. The number of hydrogen-bond donors (Lipinski definition) is 2. The lowest BCUT2D eigenvalue weighted by Gasteiger charge is -2.26. The van der Waals surface area contributed by atoms with Gasteiger partial charge in [-0.15, -0.1) is 24.0 Å². The molecule has 0 amide bonds. The highest BCUT2D eigenvalue weighted by atomic mass is 127. The summed E-state index contributed by atoms with van der Waals surface area (Å²) in [6.07, 6.45) is 8.02. The number of guanidine groups is 1. The summed E-state index contributed by atoms with van der Waals surface area (Å²) in [5.41, 5.74) is 2.69. The predicted molar refractivity (Wildman–Crippen MR) is 134 cm³/mol. The maximum Gasteiger partial charge on any atom is 0.191 e. The van der Waals surface area contributed by atoms with Gasteiger partial charge in [0.15, 0.2) is 5.96 Å². The Balaban J connectivity index is 0.00000300. The summed E-state index contributed by atoms with van der Waals surface area (Å²) in [6.45, 7) is 12.1. The highest BCUT2D eigenvalue weighted by Gasteiger charge is 2.11. The van der Waals surface area contributed by atoms with Crippen LogP contribution in [-0.4, -0.2) is 61.6 Å². The molecule has 0 aliphatic carbocycles. The molecule has 2 aliphatic heterocycles. The summed E-state index contributed by atoms with van der Waals surface area (Å²) in [7, 11) is 0. The maximum absolute atomic E-state index is 4.77. The Bertz CT molecular complexity index is 577. The maximum atomic E-state index is 4.77. The van der Waals surface area contributed by atoms with Crippen LogP contribution in [0.5, 0.6) is 0 Å². The van der Waals surface area contributed by atoms with Crippen molar-refractivity contribution >= 4 is 29.9 Å². The van der Waals surface area contributed by atoms with Crippen LogP contribution < -0.4 is 10.6 Å². The molecule has 1 aromatic carbocycles. The fourth-order valence-corrected chi connectivity index (χ4v) is 4.15. The van der Waals surface area contributed by atoms with E-state index < -0.39 is 0 Å². The van der Waals surface area contributed by atoms with Crippen LogP contribution in [0.4, 0.5) is 0 Å². The van der Waals surface area contributed by atoms with Gasteiger partial charge in [-0.05, 0) is 82.9 Å². The van der Waals surface area contributed by atoms with Crippen LogP contribution in [0.25, 0.3) is 0 Å². The summed E-state index contributed by atoms with van der Waals surface area (Å²) in [6, 6.07) is 9.02. The number of hydrogen-bond acceptors (Lipinski definition) is 3.